The maximum atomic E-state index is 11.2. The van der Waals surface area contributed by atoms with Crippen molar-refractivity contribution in [3.63, 3.8) is 0 Å². The van der Waals surface area contributed by atoms with E-state index in [9.17, 15) is 4.79 Å². The molecular formula is C12H14ClN3O2. The summed E-state index contributed by atoms with van der Waals surface area (Å²) >= 11 is 5.88. The molecule has 0 bridgehead atoms. The number of aryl methyl sites for hydroxylation is 2. The zero-order chi connectivity index (χ0) is 13.1. The van der Waals surface area contributed by atoms with Gasteiger partial charge in [0.2, 0.25) is 0 Å². The van der Waals surface area contributed by atoms with Gasteiger partial charge in [-0.05, 0) is 18.6 Å². The van der Waals surface area contributed by atoms with Crippen molar-refractivity contribution in [1.82, 2.24) is 14.5 Å². The van der Waals surface area contributed by atoms with Gasteiger partial charge in [-0.2, -0.15) is 0 Å². The molecule has 0 spiro atoms. The Kier molecular flexibility index (Phi) is 3.81. The minimum Gasteiger partial charge on any atom is -0.469 e. The van der Waals surface area contributed by atoms with Crippen LogP contribution in [0.1, 0.15) is 17.8 Å². The molecule has 6 heteroatoms. The lowest BCUT2D eigenvalue weighted by Gasteiger charge is -2.05. The van der Waals surface area contributed by atoms with Gasteiger partial charge in [-0.3, -0.25) is 4.79 Å². The van der Waals surface area contributed by atoms with Crippen LogP contribution in [0.25, 0.3) is 11.2 Å². The molecule has 2 aromatic rings. The first-order valence-electron chi connectivity index (χ1n) is 5.61. The van der Waals surface area contributed by atoms with Crippen LogP contribution in [0.5, 0.6) is 0 Å². The molecule has 18 heavy (non-hydrogen) atoms. The van der Waals surface area contributed by atoms with Crippen LogP contribution in [0.15, 0.2) is 12.3 Å². The number of esters is 1. The van der Waals surface area contributed by atoms with Crippen LogP contribution in [0.4, 0.5) is 0 Å². The average Bonchev–Trinajstić information content (AvgIpc) is 2.75. The van der Waals surface area contributed by atoms with Crippen molar-refractivity contribution in [2.75, 3.05) is 7.11 Å². The Morgan fingerprint density at radius 3 is 3.00 bits per heavy atom. The Bertz CT molecular complexity index is 580. The third-order valence-electron chi connectivity index (χ3n) is 2.80. The van der Waals surface area contributed by atoms with E-state index in [-0.39, 0.29) is 18.3 Å². The summed E-state index contributed by atoms with van der Waals surface area (Å²) in [5, 5.41) is 0. The number of carbonyl (C=O) groups excluding carboxylic acids is 1. The molecule has 96 valence electrons. The van der Waals surface area contributed by atoms with E-state index in [1.165, 1.54) is 7.11 Å². The molecule has 2 heterocycles. The van der Waals surface area contributed by atoms with Gasteiger partial charge in [0.1, 0.15) is 11.3 Å². The van der Waals surface area contributed by atoms with Crippen LogP contribution < -0.4 is 0 Å². The summed E-state index contributed by atoms with van der Waals surface area (Å²) in [6.07, 6.45) is 2.01. The molecule has 2 aromatic heterocycles. The van der Waals surface area contributed by atoms with Crippen LogP contribution in [0.3, 0.4) is 0 Å². The predicted molar refractivity (Wildman–Crippen MR) is 68.5 cm³/mol. The number of aromatic nitrogens is 3. The van der Waals surface area contributed by atoms with Crippen LogP contribution in [0, 0.1) is 6.92 Å². The van der Waals surface area contributed by atoms with Gasteiger partial charge < -0.3 is 9.30 Å². The first kappa shape index (κ1) is 12.8. The third-order valence-corrected chi connectivity index (χ3v) is 3.04. The SMILES string of the molecule is COC(=O)CCn1c(CCl)nc2c(C)ccnc21. The Hall–Kier alpha value is -1.62. The number of fused-ring (bicyclic) bond motifs is 1. The standard InChI is InChI=1S/C12H14ClN3O2/c1-8-3-5-14-12-11(8)15-9(7-13)16(12)6-4-10(17)18-2/h3,5H,4,6-7H2,1-2H3. The van der Waals surface area contributed by atoms with Crippen molar-refractivity contribution in [1.29, 1.82) is 0 Å². The Balaban J connectivity index is 2.41. The van der Waals surface area contributed by atoms with Crippen molar-refractivity contribution < 1.29 is 9.53 Å². The number of alkyl halides is 1. The van der Waals surface area contributed by atoms with Gasteiger partial charge in [-0.25, -0.2) is 9.97 Å². The summed E-state index contributed by atoms with van der Waals surface area (Å²) in [6, 6.07) is 1.90. The lowest BCUT2D eigenvalue weighted by atomic mass is 10.3. The summed E-state index contributed by atoms with van der Waals surface area (Å²) < 4.78 is 6.50. The molecule has 2 rings (SSSR count). The van der Waals surface area contributed by atoms with Gasteiger partial charge >= 0.3 is 5.97 Å². The van der Waals surface area contributed by atoms with Crippen LogP contribution in [-0.2, 0) is 22.0 Å². The fourth-order valence-electron chi connectivity index (χ4n) is 1.83. The van der Waals surface area contributed by atoms with E-state index in [2.05, 4.69) is 14.7 Å². The van der Waals surface area contributed by atoms with E-state index >= 15 is 0 Å². The second-order valence-electron chi connectivity index (χ2n) is 3.94. The van der Waals surface area contributed by atoms with Gasteiger partial charge in [0.15, 0.2) is 5.65 Å². The minimum absolute atomic E-state index is 0.259. The molecule has 0 radical (unpaired) electrons. The zero-order valence-electron chi connectivity index (χ0n) is 10.3. The Labute approximate surface area is 110 Å². The number of pyridine rings is 1. The summed E-state index contributed by atoms with van der Waals surface area (Å²) in [6.45, 7) is 2.45. The number of methoxy groups -OCH3 is 1. The van der Waals surface area contributed by atoms with E-state index in [0.29, 0.717) is 6.54 Å². The molecule has 0 fully saturated rings. The van der Waals surface area contributed by atoms with Crippen molar-refractivity contribution in [3.8, 4) is 0 Å². The van der Waals surface area contributed by atoms with Gasteiger partial charge in [0, 0.05) is 12.7 Å². The number of hydrogen-bond acceptors (Lipinski definition) is 4. The third kappa shape index (κ3) is 2.31. The zero-order valence-corrected chi connectivity index (χ0v) is 11.1. The van der Waals surface area contributed by atoms with E-state index in [4.69, 9.17) is 11.6 Å². The van der Waals surface area contributed by atoms with Crippen molar-refractivity contribution in [2.45, 2.75) is 25.8 Å². The van der Waals surface area contributed by atoms with Gasteiger partial charge in [0.05, 0.1) is 19.4 Å². The molecule has 0 aliphatic rings. The molecule has 5 nitrogen and oxygen atoms in total. The minimum atomic E-state index is -0.259. The quantitative estimate of drug-likeness (QED) is 0.628. The first-order chi connectivity index (χ1) is 8.67. The summed E-state index contributed by atoms with van der Waals surface area (Å²) in [4.78, 5) is 20.0. The summed E-state index contributed by atoms with van der Waals surface area (Å²) in [5.41, 5.74) is 2.63. The fourth-order valence-corrected chi connectivity index (χ4v) is 2.03. The molecule has 0 aliphatic heterocycles. The molecule has 0 unspecified atom stereocenters. The number of hydrogen-bond donors (Lipinski definition) is 0. The smallest absolute Gasteiger partial charge is 0.307 e. The summed E-state index contributed by atoms with van der Waals surface area (Å²) in [5.74, 6) is 0.749. The molecule has 0 N–H and O–H groups in total. The maximum Gasteiger partial charge on any atom is 0.307 e. The molecule has 0 atom stereocenters. The Morgan fingerprint density at radius 1 is 1.56 bits per heavy atom. The number of nitrogens with zero attached hydrogens (tertiary/aromatic N) is 3. The maximum absolute atomic E-state index is 11.2. The van der Waals surface area contributed by atoms with E-state index < -0.39 is 0 Å². The van der Waals surface area contributed by atoms with Gasteiger partial charge in [-0.15, -0.1) is 11.6 Å². The van der Waals surface area contributed by atoms with Gasteiger partial charge in [-0.1, -0.05) is 0 Å². The monoisotopic (exact) mass is 267 g/mol. The summed E-state index contributed by atoms with van der Waals surface area (Å²) in [7, 11) is 1.37. The second kappa shape index (κ2) is 5.35. The number of rotatable bonds is 4. The highest BCUT2D eigenvalue weighted by Gasteiger charge is 2.13. The number of carbonyl (C=O) groups is 1. The first-order valence-corrected chi connectivity index (χ1v) is 6.14. The molecule has 0 aliphatic carbocycles. The van der Waals surface area contributed by atoms with Crippen LogP contribution in [-0.4, -0.2) is 27.6 Å². The second-order valence-corrected chi connectivity index (χ2v) is 4.21. The molecule has 0 saturated heterocycles. The van der Waals surface area contributed by atoms with Gasteiger partial charge in [0.25, 0.3) is 0 Å². The normalized spacial score (nSPS) is 10.8. The number of imidazole rings is 1. The number of halogens is 1. The topological polar surface area (TPSA) is 57.0 Å². The number of ether oxygens (including phenoxy) is 1. The van der Waals surface area contributed by atoms with Crippen molar-refractivity contribution in [3.05, 3.63) is 23.7 Å². The predicted octanol–water partition coefficient (Wildman–Crippen LogP) is 2.04. The highest BCUT2D eigenvalue weighted by Crippen LogP contribution is 2.19. The molecule has 0 aromatic carbocycles. The van der Waals surface area contributed by atoms with Crippen molar-refractivity contribution >= 4 is 28.7 Å². The van der Waals surface area contributed by atoms with Crippen LogP contribution >= 0.6 is 11.6 Å². The van der Waals surface area contributed by atoms with E-state index in [0.717, 1.165) is 22.6 Å². The largest absolute Gasteiger partial charge is 0.469 e. The van der Waals surface area contributed by atoms with E-state index in [1.807, 2.05) is 17.6 Å². The molecule has 0 amide bonds. The lowest BCUT2D eigenvalue weighted by molar-refractivity contribution is -0.140. The molecule has 0 saturated carbocycles. The lowest BCUT2D eigenvalue weighted by Crippen LogP contribution is -2.09. The molecular weight excluding hydrogens is 254 g/mol. The highest BCUT2D eigenvalue weighted by atomic mass is 35.5. The Morgan fingerprint density at radius 2 is 2.33 bits per heavy atom. The average molecular weight is 268 g/mol. The van der Waals surface area contributed by atoms with E-state index in [1.54, 1.807) is 6.20 Å². The van der Waals surface area contributed by atoms with Crippen LogP contribution in [0.2, 0.25) is 0 Å². The highest BCUT2D eigenvalue weighted by molar-refractivity contribution is 6.16. The van der Waals surface area contributed by atoms with Crippen molar-refractivity contribution in [2.24, 2.45) is 0 Å². The fraction of sp³-hybridized carbons (Fsp3) is 0.417.